The molecule has 0 aliphatic heterocycles. The van der Waals surface area contributed by atoms with E-state index >= 15 is 0 Å². The molecular formula is C13H20N2O. The van der Waals surface area contributed by atoms with Gasteiger partial charge in [-0.3, -0.25) is 0 Å². The van der Waals surface area contributed by atoms with Gasteiger partial charge in [0.05, 0.1) is 6.10 Å². The zero-order valence-electron chi connectivity index (χ0n) is 9.99. The first-order chi connectivity index (χ1) is 7.69. The molecule has 1 aromatic carbocycles. The van der Waals surface area contributed by atoms with Gasteiger partial charge in [0.1, 0.15) is 0 Å². The van der Waals surface area contributed by atoms with E-state index in [2.05, 4.69) is 18.3 Å². The van der Waals surface area contributed by atoms with Gasteiger partial charge in [0, 0.05) is 24.5 Å². The number of nitrogen functional groups attached to an aromatic ring is 1. The van der Waals surface area contributed by atoms with Gasteiger partial charge in [-0.25, -0.2) is 0 Å². The van der Waals surface area contributed by atoms with Crippen LogP contribution in [0, 0.1) is 6.92 Å². The average Bonchev–Trinajstić information content (AvgIpc) is 2.70. The second kappa shape index (κ2) is 4.74. The monoisotopic (exact) mass is 220 g/mol. The smallest absolute Gasteiger partial charge is 0.0591 e. The number of nitrogens with one attached hydrogen (secondary N) is 1. The van der Waals surface area contributed by atoms with Crippen molar-refractivity contribution in [1.29, 1.82) is 0 Å². The normalized spacial score (nSPS) is 24.6. The summed E-state index contributed by atoms with van der Waals surface area (Å²) in [7, 11) is 1.79. The van der Waals surface area contributed by atoms with E-state index in [9.17, 15) is 0 Å². The highest BCUT2D eigenvalue weighted by Crippen LogP contribution is 2.26. The molecule has 2 rings (SSSR count). The fraction of sp³-hybridized carbons (Fsp3) is 0.538. The molecule has 0 amide bonds. The second-order valence-electron chi connectivity index (χ2n) is 4.59. The summed E-state index contributed by atoms with van der Waals surface area (Å²) < 4.78 is 5.37. The van der Waals surface area contributed by atoms with Crippen LogP contribution in [0.4, 0.5) is 11.4 Å². The first kappa shape index (κ1) is 11.3. The Balaban J connectivity index is 1.99. The number of nitrogens with two attached hydrogens (primary N) is 1. The molecule has 0 aromatic heterocycles. The molecule has 1 aliphatic carbocycles. The molecule has 0 heterocycles. The van der Waals surface area contributed by atoms with Gasteiger partial charge in [-0.1, -0.05) is 0 Å². The summed E-state index contributed by atoms with van der Waals surface area (Å²) in [6, 6.07) is 6.54. The molecule has 1 saturated carbocycles. The van der Waals surface area contributed by atoms with Gasteiger partial charge in [0.2, 0.25) is 0 Å². The summed E-state index contributed by atoms with van der Waals surface area (Å²) in [5, 5.41) is 3.57. The summed E-state index contributed by atoms with van der Waals surface area (Å²) in [4.78, 5) is 0. The van der Waals surface area contributed by atoms with E-state index in [0.717, 1.165) is 18.5 Å². The van der Waals surface area contributed by atoms with Gasteiger partial charge in [-0.15, -0.1) is 0 Å². The largest absolute Gasteiger partial charge is 0.399 e. The Morgan fingerprint density at radius 1 is 1.38 bits per heavy atom. The summed E-state index contributed by atoms with van der Waals surface area (Å²) in [5.41, 5.74) is 8.95. The Labute approximate surface area is 97.0 Å². The van der Waals surface area contributed by atoms with Crippen LogP contribution in [0.3, 0.4) is 0 Å². The topological polar surface area (TPSA) is 47.3 Å². The number of aryl methyl sites for hydroxylation is 1. The maximum absolute atomic E-state index is 5.73. The number of ether oxygens (including phenoxy) is 1. The molecule has 16 heavy (non-hydrogen) atoms. The van der Waals surface area contributed by atoms with E-state index in [1.807, 2.05) is 12.1 Å². The Bertz CT molecular complexity index is 365. The number of rotatable bonds is 3. The van der Waals surface area contributed by atoms with Crippen LogP contribution in [0.5, 0.6) is 0 Å². The van der Waals surface area contributed by atoms with Crippen molar-refractivity contribution >= 4 is 11.4 Å². The quantitative estimate of drug-likeness (QED) is 0.770. The van der Waals surface area contributed by atoms with Gasteiger partial charge in [-0.2, -0.15) is 0 Å². The van der Waals surface area contributed by atoms with Gasteiger partial charge in [-0.05, 0) is 49.9 Å². The summed E-state index contributed by atoms with van der Waals surface area (Å²) >= 11 is 0. The zero-order valence-corrected chi connectivity index (χ0v) is 9.99. The SMILES string of the molecule is COC1CCC(Nc2ccc(N)cc2C)C1. The van der Waals surface area contributed by atoms with Crippen LogP contribution in [0.1, 0.15) is 24.8 Å². The van der Waals surface area contributed by atoms with Gasteiger partial charge < -0.3 is 15.8 Å². The standard InChI is InChI=1S/C13H20N2O/c1-9-7-10(14)3-6-13(9)15-11-4-5-12(8-11)16-2/h3,6-7,11-12,15H,4-5,8,14H2,1-2H3. The minimum Gasteiger partial charge on any atom is -0.399 e. The van der Waals surface area contributed by atoms with E-state index < -0.39 is 0 Å². The van der Waals surface area contributed by atoms with E-state index in [1.165, 1.54) is 17.7 Å². The molecule has 1 aromatic rings. The molecular weight excluding hydrogens is 200 g/mol. The average molecular weight is 220 g/mol. The number of anilines is 2. The van der Waals surface area contributed by atoms with Crippen molar-refractivity contribution < 1.29 is 4.74 Å². The van der Waals surface area contributed by atoms with Gasteiger partial charge in [0.25, 0.3) is 0 Å². The van der Waals surface area contributed by atoms with Crippen LogP contribution in [0.15, 0.2) is 18.2 Å². The molecule has 0 saturated heterocycles. The van der Waals surface area contributed by atoms with E-state index in [0.29, 0.717) is 12.1 Å². The molecule has 3 heteroatoms. The van der Waals surface area contributed by atoms with Crippen LogP contribution in [-0.4, -0.2) is 19.3 Å². The van der Waals surface area contributed by atoms with Crippen LogP contribution in [0.25, 0.3) is 0 Å². The lowest BCUT2D eigenvalue weighted by molar-refractivity contribution is 0.108. The maximum Gasteiger partial charge on any atom is 0.0591 e. The lowest BCUT2D eigenvalue weighted by Gasteiger charge is -2.16. The molecule has 88 valence electrons. The summed E-state index contributed by atoms with van der Waals surface area (Å²) in [5.74, 6) is 0. The highest BCUT2D eigenvalue weighted by atomic mass is 16.5. The molecule has 0 radical (unpaired) electrons. The van der Waals surface area contributed by atoms with Gasteiger partial charge in [0.15, 0.2) is 0 Å². The molecule has 1 fully saturated rings. The Hall–Kier alpha value is -1.22. The molecule has 2 unspecified atom stereocenters. The maximum atomic E-state index is 5.73. The minimum absolute atomic E-state index is 0.423. The first-order valence-electron chi connectivity index (χ1n) is 5.84. The van der Waals surface area contributed by atoms with Crippen LogP contribution in [0.2, 0.25) is 0 Å². The molecule has 0 bridgehead atoms. The number of benzene rings is 1. The summed E-state index contributed by atoms with van der Waals surface area (Å²) in [6.07, 6.45) is 3.86. The Kier molecular flexibility index (Phi) is 3.34. The summed E-state index contributed by atoms with van der Waals surface area (Å²) in [6.45, 7) is 2.08. The molecule has 3 nitrogen and oxygen atoms in total. The van der Waals surface area contributed by atoms with Crippen LogP contribution >= 0.6 is 0 Å². The number of hydrogen-bond donors (Lipinski definition) is 2. The van der Waals surface area contributed by atoms with E-state index in [4.69, 9.17) is 10.5 Å². The number of methoxy groups -OCH3 is 1. The van der Waals surface area contributed by atoms with Crippen molar-refractivity contribution in [3.8, 4) is 0 Å². The third-order valence-electron chi connectivity index (χ3n) is 3.33. The zero-order chi connectivity index (χ0) is 11.5. The third kappa shape index (κ3) is 2.47. The van der Waals surface area contributed by atoms with Crippen molar-refractivity contribution in [3.63, 3.8) is 0 Å². The minimum atomic E-state index is 0.423. The molecule has 1 aliphatic rings. The highest BCUT2D eigenvalue weighted by Gasteiger charge is 2.24. The molecule has 2 atom stereocenters. The number of hydrogen-bond acceptors (Lipinski definition) is 3. The lowest BCUT2D eigenvalue weighted by Crippen LogP contribution is -2.17. The van der Waals surface area contributed by atoms with Crippen molar-refractivity contribution in [2.45, 2.75) is 38.3 Å². The van der Waals surface area contributed by atoms with Crippen molar-refractivity contribution in [1.82, 2.24) is 0 Å². The van der Waals surface area contributed by atoms with Crippen molar-refractivity contribution in [2.24, 2.45) is 0 Å². The van der Waals surface area contributed by atoms with Crippen LogP contribution in [-0.2, 0) is 4.74 Å². The Morgan fingerprint density at radius 2 is 2.19 bits per heavy atom. The highest BCUT2D eigenvalue weighted by molar-refractivity contribution is 5.57. The third-order valence-corrected chi connectivity index (χ3v) is 3.33. The predicted octanol–water partition coefficient (Wildman–Crippen LogP) is 2.56. The van der Waals surface area contributed by atoms with Crippen LogP contribution < -0.4 is 11.1 Å². The van der Waals surface area contributed by atoms with Crippen molar-refractivity contribution in [3.05, 3.63) is 23.8 Å². The fourth-order valence-electron chi connectivity index (χ4n) is 2.35. The van der Waals surface area contributed by atoms with Crippen molar-refractivity contribution in [2.75, 3.05) is 18.2 Å². The molecule has 3 N–H and O–H groups in total. The predicted molar refractivity (Wildman–Crippen MR) is 67.7 cm³/mol. The van der Waals surface area contributed by atoms with Gasteiger partial charge >= 0.3 is 0 Å². The van der Waals surface area contributed by atoms with E-state index in [1.54, 1.807) is 7.11 Å². The Morgan fingerprint density at radius 3 is 2.81 bits per heavy atom. The lowest BCUT2D eigenvalue weighted by atomic mass is 10.1. The fourth-order valence-corrected chi connectivity index (χ4v) is 2.35. The second-order valence-corrected chi connectivity index (χ2v) is 4.59. The molecule has 0 spiro atoms. The van der Waals surface area contributed by atoms with E-state index in [-0.39, 0.29) is 0 Å². The first-order valence-corrected chi connectivity index (χ1v) is 5.84.